The molecule has 0 amide bonds. The van der Waals surface area contributed by atoms with Crippen molar-refractivity contribution in [2.24, 2.45) is 5.92 Å². The molecule has 3 rings (SSSR count). The third-order valence-corrected chi connectivity index (χ3v) is 4.22. The van der Waals surface area contributed by atoms with Crippen LogP contribution >= 0.6 is 0 Å². The van der Waals surface area contributed by atoms with Crippen LogP contribution in [0.25, 0.3) is 0 Å². The van der Waals surface area contributed by atoms with E-state index in [9.17, 15) is 0 Å². The summed E-state index contributed by atoms with van der Waals surface area (Å²) in [6, 6.07) is 0.825. The van der Waals surface area contributed by atoms with Gasteiger partial charge in [0, 0.05) is 23.9 Å². The third kappa shape index (κ3) is 2.56. The molecule has 98 valence electrons. The zero-order chi connectivity index (χ0) is 12.5. The van der Waals surface area contributed by atoms with E-state index in [4.69, 9.17) is 4.98 Å². The molecule has 1 fully saturated rings. The summed E-state index contributed by atoms with van der Waals surface area (Å²) in [6.07, 6.45) is 7.30. The van der Waals surface area contributed by atoms with E-state index < -0.39 is 0 Å². The Labute approximate surface area is 109 Å². The first-order valence-electron chi connectivity index (χ1n) is 7.35. The first-order chi connectivity index (χ1) is 8.76. The van der Waals surface area contributed by atoms with Crippen molar-refractivity contribution < 1.29 is 0 Å². The van der Waals surface area contributed by atoms with Crippen molar-refractivity contribution in [2.45, 2.75) is 58.4 Å². The molecule has 18 heavy (non-hydrogen) atoms. The molecule has 1 heterocycles. The fourth-order valence-corrected chi connectivity index (χ4v) is 2.88. The molecule has 0 saturated heterocycles. The molecular weight excluding hydrogens is 222 g/mol. The van der Waals surface area contributed by atoms with Crippen molar-refractivity contribution in [3.63, 3.8) is 0 Å². The number of nitrogens with zero attached hydrogens (tertiary/aromatic N) is 2. The zero-order valence-corrected chi connectivity index (χ0v) is 11.5. The Bertz CT molecular complexity index is 438. The lowest BCUT2D eigenvalue weighted by Gasteiger charge is -2.25. The van der Waals surface area contributed by atoms with Crippen LogP contribution in [-0.2, 0) is 19.3 Å². The van der Waals surface area contributed by atoms with Gasteiger partial charge in [0.1, 0.15) is 5.82 Å². The first-order valence-corrected chi connectivity index (χ1v) is 7.35. The van der Waals surface area contributed by atoms with Crippen molar-refractivity contribution in [3.8, 4) is 0 Å². The molecule has 1 unspecified atom stereocenters. The SMILES string of the molecule is CCc1nc(C)c2c(n1)CCC(CNC1CC1)C2. The summed E-state index contributed by atoms with van der Waals surface area (Å²) in [7, 11) is 0. The molecule has 3 nitrogen and oxygen atoms in total. The minimum absolute atomic E-state index is 0.785. The Morgan fingerprint density at radius 2 is 2.06 bits per heavy atom. The quantitative estimate of drug-likeness (QED) is 0.883. The molecule has 2 aliphatic carbocycles. The number of aryl methyl sites for hydroxylation is 3. The van der Waals surface area contributed by atoms with Crippen molar-refractivity contribution in [1.82, 2.24) is 15.3 Å². The summed E-state index contributed by atoms with van der Waals surface area (Å²) >= 11 is 0. The fraction of sp³-hybridized carbons (Fsp3) is 0.733. The number of aromatic nitrogens is 2. The smallest absolute Gasteiger partial charge is 0.128 e. The summed E-state index contributed by atoms with van der Waals surface area (Å²) in [6.45, 7) is 5.46. The average Bonchev–Trinajstić information content (AvgIpc) is 3.20. The van der Waals surface area contributed by atoms with Crippen LogP contribution in [0.3, 0.4) is 0 Å². The molecule has 0 radical (unpaired) electrons. The molecule has 3 heteroatoms. The van der Waals surface area contributed by atoms with E-state index in [-0.39, 0.29) is 0 Å². The standard InChI is InChI=1S/C15H23N3/c1-3-15-17-10(2)13-8-11(4-7-14(13)18-15)9-16-12-5-6-12/h11-12,16H,3-9H2,1-2H3. The Morgan fingerprint density at radius 1 is 1.22 bits per heavy atom. The van der Waals surface area contributed by atoms with Gasteiger partial charge in [0.2, 0.25) is 0 Å². The zero-order valence-electron chi connectivity index (χ0n) is 11.5. The normalized spacial score (nSPS) is 22.9. The van der Waals surface area contributed by atoms with E-state index >= 15 is 0 Å². The van der Waals surface area contributed by atoms with Crippen molar-refractivity contribution in [1.29, 1.82) is 0 Å². The van der Waals surface area contributed by atoms with E-state index in [1.54, 1.807) is 0 Å². The van der Waals surface area contributed by atoms with Gasteiger partial charge in [-0.15, -0.1) is 0 Å². The number of hydrogen-bond donors (Lipinski definition) is 1. The second kappa shape index (κ2) is 4.96. The van der Waals surface area contributed by atoms with Gasteiger partial charge in [0.05, 0.1) is 0 Å². The van der Waals surface area contributed by atoms with Crippen LogP contribution in [0.5, 0.6) is 0 Å². The van der Waals surface area contributed by atoms with Gasteiger partial charge in [-0.05, 0) is 57.1 Å². The monoisotopic (exact) mass is 245 g/mol. The second-order valence-electron chi connectivity index (χ2n) is 5.80. The van der Waals surface area contributed by atoms with E-state index in [0.29, 0.717) is 0 Å². The predicted molar refractivity (Wildman–Crippen MR) is 72.7 cm³/mol. The summed E-state index contributed by atoms with van der Waals surface area (Å²) in [5.74, 6) is 1.80. The lowest BCUT2D eigenvalue weighted by atomic mass is 9.85. The van der Waals surface area contributed by atoms with Gasteiger partial charge >= 0.3 is 0 Å². The predicted octanol–water partition coefficient (Wildman–Crippen LogP) is 2.20. The maximum Gasteiger partial charge on any atom is 0.128 e. The van der Waals surface area contributed by atoms with Gasteiger partial charge in [-0.2, -0.15) is 0 Å². The molecule has 1 aromatic heterocycles. The van der Waals surface area contributed by atoms with Crippen LogP contribution in [0.1, 0.15) is 49.0 Å². The Kier molecular flexibility index (Phi) is 3.33. The third-order valence-electron chi connectivity index (χ3n) is 4.22. The molecule has 0 bridgehead atoms. The average molecular weight is 245 g/mol. The Hall–Kier alpha value is -0.960. The molecule has 1 N–H and O–H groups in total. The van der Waals surface area contributed by atoms with E-state index in [1.165, 1.54) is 49.2 Å². The molecular formula is C15H23N3. The summed E-state index contributed by atoms with van der Waals surface area (Å²) in [5, 5.41) is 3.66. The van der Waals surface area contributed by atoms with Crippen LogP contribution < -0.4 is 5.32 Å². The Balaban J connectivity index is 1.70. The van der Waals surface area contributed by atoms with E-state index in [0.717, 1.165) is 30.6 Å². The number of rotatable bonds is 4. The molecule has 0 aromatic carbocycles. The van der Waals surface area contributed by atoms with Crippen molar-refractivity contribution >= 4 is 0 Å². The number of fused-ring (bicyclic) bond motifs is 1. The maximum absolute atomic E-state index is 4.70. The highest BCUT2D eigenvalue weighted by Crippen LogP contribution is 2.27. The highest BCUT2D eigenvalue weighted by atomic mass is 14.9. The molecule has 0 aliphatic heterocycles. The minimum atomic E-state index is 0.785. The summed E-state index contributed by atoms with van der Waals surface area (Å²) in [4.78, 5) is 9.32. The Morgan fingerprint density at radius 3 is 2.78 bits per heavy atom. The van der Waals surface area contributed by atoms with Gasteiger partial charge in [0.15, 0.2) is 0 Å². The lowest BCUT2D eigenvalue weighted by Crippen LogP contribution is -2.29. The van der Waals surface area contributed by atoms with Gasteiger partial charge in [-0.25, -0.2) is 9.97 Å². The fourth-order valence-electron chi connectivity index (χ4n) is 2.88. The van der Waals surface area contributed by atoms with Gasteiger partial charge in [0.25, 0.3) is 0 Å². The largest absolute Gasteiger partial charge is 0.314 e. The molecule has 1 aromatic rings. The van der Waals surface area contributed by atoms with E-state index in [1.807, 2.05) is 0 Å². The van der Waals surface area contributed by atoms with Gasteiger partial charge in [-0.1, -0.05) is 6.92 Å². The maximum atomic E-state index is 4.70. The van der Waals surface area contributed by atoms with Crippen LogP contribution in [0, 0.1) is 12.8 Å². The van der Waals surface area contributed by atoms with Crippen LogP contribution in [-0.4, -0.2) is 22.6 Å². The lowest BCUT2D eigenvalue weighted by molar-refractivity contribution is 0.416. The number of nitrogens with one attached hydrogen (secondary N) is 1. The number of hydrogen-bond acceptors (Lipinski definition) is 3. The highest BCUT2D eigenvalue weighted by Gasteiger charge is 2.25. The van der Waals surface area contributed by atoms with E-state index in [2.05, 4.69) is 24.1 Å². The van der Waals surface area contributed by atoms with Crippen LogP contribution in [0.2, 0.25) is 0 Å². The van der Waals surface area contributed by atoms with Crippen molar-refractivity contribution in [3.05, 3.63) is 22.8 Å². The van der Waals surface area contributed by atoms with Crippen LogP contribution in [0.4, 0.5) is 0 Å². The minimum Gasteiger partial charge on any atom is -0.314 e. The molecule has 0 spiro atoms. The van der Waals surface area contributed by atoms with Gasteiger partial charge < -0.3 is 5.32 Å². The summed E-state index contributed by atoms with van der Waals surface area (Å²) in [5.41, 5.74) is 3.97. The van der Waals surface area contributed by atoms with Crippen LogP contribution in [0.15, 0.2) is 0 Å². The molecule has 1 atom stereocenters. The molecule has 2 aliphatic rings. The topological polar surface area (TPSA) is 37.8 Å². The van der Waals surface area contributed by atoms with Crippen molar-refractivity contribution in [2.75, 3.05) is 6.54 Å². The highest BCUT2D eigenvalue weighted by molar-refractivity contribution is 5.28. The summed E-state index contributed by atoms with van der Waals surface area (Å²) < 4.78 is 0. The second-order valence-corrected chi connectivity index (χ2v) is 5.80. The molecule has 1 saturated carbocycles. The first kappa shape index (κ1) is 12.1. The van der Waals surface area contributed by atoms with Gasteiger partial charge in [-0.3, -0.25) is 0 Å².